The largest absolute Gasteiger partial charge is 0.393 e. The minimum Gasteiger partial charge on any atom is -0.393 e. The highest BCUT2D eigenvalue weighted by molar-refractivity contribution is 5.49. The molecular weight excluding hydrogens is 240 g/mol. The van der Waals surface area contributed by atoms with Crippen LogP contribution in [-0.2, 0) is 0 Å². The van der Waals surface area contributed by atoms with Gasteiger partial charge in [-0.2, -0.15) is 4.98 Å². The fourth-order valence-corrected chi connectivity index (χ4v) is 2.70. The minimum atomic E-state index is -0.0905. The van der Waals surface area contributed by atoms with Crippen molar-refractivity contribution >= 4 is 11.6 Å². The molecule has 5 nitrogen and oxygen atoms in total. The Kier molecular flexibility index (Phi) is 3.38. The molecule has 0 amide bonds. The molecule has 0 radical (unpaired) electrons. The fourth-order valence-electron chi connectivity index (χ4n) is 2.70. The van der Waals surface area contributed by atoms with E-state index >= 15 is 0 Å². The maximum atomic E-state index is 9.49. The Labute approximate surface area is 112 Å². The molecule has 2 heterocycles. The molecule has 2 aromatic rings. The van der Waals surface area contributed by atoms with Crippen LogP contribution in [0.1, 0.15) is 31.2 Å². The monoisotopic (exact) mass is 260 g/mol. The molecule has 1 aliphatic carbocycles. The topological polar surface area (TPSA) is 62.5 Å². The van der Waals surface area contributed by atoms with E-state index in [0.717, 1.165) is 43.4 Å². The zero-order valence-electron chi connectivity index (χ0n) is 11.2. The number of aliphatic hydroxyl groups excluding tert-OH is 1. The van der Waals surface area contributed by atoms with Gasteiger partial charge in [-0.3, -0.25) is 0 Å². The third kappa shape index (κ3) is 2.71. The molecule has 19 heavy (non-hydrogen) atoms. The number of fused-ring (bicyclic) bond motifs is 1. The molecule has 2 aromatic heterocycles. The third-order valence-corrected chi connectivity index (χ3v) is 3.92. The van der Waals surface area contributed by atoms with Crippen molar-refractivity contribution in [2.24, 2.45) is 5.92 Å². The average Bonchev–Trinajstić information content (AvgIpc) is 2.83. The standard InChI is InChI=1S/C14H20N4O/c1-10-3-2-8-18-13(10)16-14(17-18)15-9-11-4-6-12(19)7-5-11/h2-3,8,11-12,19H,4-7,9H2,1H3,(H,15,17). The number of aryl methyl sites for hydroxylation is 1. The second-order valence-electron chi connectivity index (χ2n) is 5.45. The molecule has 0 atom stereocenters. The minimum absolute atomic E-state index is 0.0905. The highest BCUT2D eigenvalue weighted by atomic mass is 16.3. The van der Waals surface area contributed by atoms with Crippen molar-refractivity contribution in [2.75, 3.05) is 11.9 Å². The van der Waals surface area contributed by atoms with Gasteiger partial charge in [-0.05, 0) is 50.2 Å². The average molecular weight is 260 g/mol. The number of aromatic nitrogens is 3. The molecule has 0 unspecified atom stereocenters. The second-order valence-corrected chi connectivity index (χ2v) is 5.45. The Balaban J connectivity index is 1.64. The van der Waals surface area contributed by atoms with Crippen molar-refractivity contribution < 1.29 is 5.11 Å². The van der Waals surface area contributed by atoms with Crippen molar-refractivity contribution in [3.8, 4) is 0 Å². The van der Waals surface area contributed by atoms with Gasteiger partial charge in [0.25, 0.3) is 0 Å². The summed E-state index contributed by atoms with van der Waals surface area (Å²) in [6.45, 7) is 2.93. The molecule has 0 aromatic carbocycles. The molecule has 1 aliphatic rings. The van der Waals surface area contributed by atoms with E-state index in [0.29, 0.717) is 11.9 Å². The van der Waals surface area contributed by atoms with E-state index in [4.69, 9.17) is 0 Å². The van der Waals surface area contributed by atoms with Crippen LogP contribution in [0, 0.1) is 12.8 Å². The summed E-state index contributed by atoms with van der Waals surface area (Å²) in [4.78, 5) is 4.50. The van der Waals surface area contributed by atoms with Gasteiger partial charge in [-0.25, -0.2) is 4.52 Å². The highest BCUT2D eigenvalue weighted by Crippen LogP contribution is 2.24. The number of rotatable bonds is 3. The van der Waals surface area contributed by atoms with E-state index in [9.17, 15) is 5.11 Å². The Morgan fingerprint density at radius 3 is 2.89 bits per heavy atom. The quantitative estimate of drug-likeness (QED) is 0.886. The summed E-state index contributed by atoms with van der Waals surface area (Å²) in [6.07, 6.45) is 5.83. The molecule has 1 fully saturated rings. The smallest absolute Gasteiger partial charge is 0.243 e. The van der Waals surface area contributed by atoms with Gasteiger partial charge in [0, 0.05) is 12.7 Å². The molecule has 0 saturated heterocycles. The predicted molar refractivity (Wildman–Crippen MR) is 74.2 cm³/mol. The van der Waals surface area contributed by atoms with Crippen LogP contribution in [0.2, 0.25) is 0 Å². The van der Waals surface area contributed by atoms with Crippen molar-refractivity contribution in [3.05, 3.63) is 23.9 Å². The van der Waals surface area contributed by atoms with Gasteiger partial charge in [0.15, 0.2) is 5.65 Å². The van der Waals surface area contributed by atoms with Gasteiger partial charge in [0.2, 0.25) is 5.95 Å². The molecule has 0 bridgehead atoms. The van der Waals surface area contributed by atoms with Gasteiger partial charge >= 0.3 is 0 Å². The van der Waals surface area contributed by atoms with E-state index in [1.165, 1.54) is 0 Å². The van der Waals surface area contributed by atoms with E-state index in [1.54, 1.807) is 0 Å². The number of anilines is 1. The van der Waals surface area contributed by atoms with Crippen molar-refractivity contribution in [1.82, 2.24) is 14.6 Å². The van der Waals surface area contributed by atoms with Crippen LogP contribution in [0.3, 0.4) is 0 Å². The van der Waals surface area contributed by atoms with Crippen LogP contribution in [0.15, 0.2) is 18.3 Å². The molecule has 3 rings (SSSR count). The van der Waals surface area contributed by atoms with Crippen LogP contribution < -0.4 is 5.32 Å². The zero-order chi connectivity index (χ0) is 13.2. The van der Waals surface area contributed by atoms with E-state index in [-0.39, 0.29) is 6.10 Å². The van der Waals surface area contributed by atoms with Crippen LogP contribution in [-0.4, -0.2) is 32.4 Å². The van der Waals surface area contributed by atoms with E-state index in [2.05, 4.69) is 15.4 Å². The van der Waals surface area contributed by atoms with Gasteiger partial charge in [0.1, 0.15) is 0 Å². The van der Waals surface area contributed by atoms with Crippen molar-refractivity contribution in [1.29, 1.82) is 0 Å². The third-order valence-electron chi connectivity index (χ3n) is 3.92. The van der Waals surface area contributed by atoms with Gasteiger partial charge < -0.3 is 10.4 Å². The van der Waals surface area contributed by atoms with Crippen LogP contribution in [0.4, 0.5) is 5.95 Å². The number of hydrogen-bond acceptors (Lipinski definition) is 4. The van der Waals surface area contributed by atoms with Crippen molar-refractivity contribution in [2.45, 2.75) is 38.7 Å². The summed E-state index contributed by atoms with van der Waals surface area (Å²) < 4.78 is 1.81. The Bertz CT molecular complexity index is 558. The first-order valence-electron chi connectivity index (χ1n) is 6.96. The lowest BCUT2D eigenvalue weighted by Gasteiger charge is -2.25. The Morgan fingerprint density at radius 2 is 2.16 bits per heavy atom. The summed E-state index contributed by atoms with van der Waals surface area (Å²) in [6, 6.07) is 4.01. The first-order chi connectivity index (χ1) is 9.22. The molecule has 2 N–H and O–H groups in total. The lowest BCUT2D eigenvalue weighted by atomic mass is 9.87. The maximum absolute atomic E-state index is 9.49. The zero-order valence-corrected chi connectivity index (χ0v) is 11.2. The molecule has 1 saturated carbocycles. The number of nitrogens with zero attached hydrogens (tertiary/aromatic N) is 3. The van der Waals surface area contributed by atoms with Gasteiger partial charge in [-0.15, -0.1) is 5.10 Å². The Morgan fingerprint density at radius 1 is 1.37 bits per heavy atom. The summed E-state index contributed by atoms with van der Waals surface area (Å²) in [7, 11) is 0. The van der Waals surface area contributed by atoms with Crippen molar-refractivity contribution in [3.63, 3.8) is 0 Å². The first-order valence-corrected chi connectivity index (χ1v) is 6.96. The van der Waals surface area contributed by atoms with E-state index in [1.807, 2.05) is 29.8 Å². The second kappa shape index (κ2) is 5.17. The van der Waals surface area contributed by atoms with E-state index < -0.39 is 0 Å². The maximum Gasteiger partial charge on any atom is 0.243 e. The van der Waals surface area contributed by atoms with Gasteiger partial charge in [0.05, 0.1) is 6.10 Å². The summed E-state index contributed by atoms with van der Waals surface area (Å²) >= 11 is 0. The summed E-state index contributed by atoms with van der Waals surface area (Å²) in [5.74, 6) is 1.32. The molecular formula is C14H20N4O. The Hall–Kier alpha value is -1.62. The number of aliphatic hydroxyl groups is 1. The first kappa shape index (κ1) is 12.4. The number of pyridine rings is 1. The van der Waals surface area contributed by atoms with Crippen LogP contribution in [0.5, 0.6) is 0 Å². The fraction of sp³-hybridized carbons (Fsp3) is 0.571. The van der Waals surface area contributed by atoms with Gasteiger partial charge in [-0.1, -0.05) is 6.07 Å². The predicted octanol–water partition coefficient (Wildman–Crippen LogP) is 2.00. The lowest BCUT2D eigenvalue weighted by molar-refractivity contribution is 0.111. The van der Waals surface area contributed by atoms with Crippen LogP contribution in [0.25, 0.3) is 5.65 Å². The molecule has 0 aliphatic heterocycles. The molecule has 0 spiro atoms. The highest BCUT2D eigenvalue weighted by Gasteiger charge is 2.19. The van der Waals surface area contributed by atoms with Crippen LogP contribution >= 0.6 is 0 Å². The lowest BCUT2D eigenvalue weighted by Crippen LogP contribution is -2.23. The normalized spacial score (nSPS) is 23.7. The number of hydrogen-bond donors (Lipinski definition) is 2. The summed E-state index contributed by atoms with van der Waals surface area (Å²) in [5, 5.41) is 17.2. The number of nitrogens with one attached hydrogen (secondary N) is 1. The SMILES string of the molecule is Cc1cccn2nc(NCC3CCC(O)CC3)nc12. The molecule has 5 heteroatoms. The molecule has 102 valence electrons. The summed E-state index contributed by atoms with van der Waals surface area (Å²) in [5.41, 5.74) is 2.04.